The van der Waals surface area contributed by atoms with Crippen LogP contribution in [0, 0.1) is 0 Å². The Hall–Kier alpha value is -7.18. The first-order chi connectivity index (χ1) is 32.4. The van der Waals surface area contributed by atoms with Gasteiger partial charge in [0.25, 0.3) is 0 Å². The Balaban J connectivity index is 1.08. The highest BCUT2D eigenvalue weighted by atomic mass is 16.3. The quantitative estimate of drug-likeness (QED) is 0.166. The van der Waals surface area contributed by atoms with Crippen LogP contribution < -0.4 is 54.6 Å². The van der Waals surface area contributed by atoms with Crippen LogP contribution in [0.2, 0.25) is 0 Å². The molecule has 67 heavy (non-hydrogen) atoms. The van der Waals surface area contributed by atoms with Gasteiger partial charge >= 0.3 is 0 Å². The predicted octanol–water partition coefficient (Wildman–Crippen LogP) is -3.98. The number of benzene rings is 8. The van der Waals surface area contributed by atoms with Crippen molar-refractivity contribution >= 4 is 199 Å². The van der Waals surface area contributed by atoms with Gasteiger partial charge in [-0.3, -0.25) is 0 Å². The van der Waals surface area contributed by atoms with Crippen molar-refractivity contribution in [1.82, 2.24) is 19.5 Å². The molecule has 0 amide bonds. The van der Waals surface area contributed by atoms with Crippen LogP contribution in [-0.2, 0) is 0 Å². The normalized spacial score (nSPS) is 11.9. The number of hydrogen-bond donors (Lipinski definition) is 0. The topological polar surface area (TPSA) is 69.9 Å². The summed E-state index contributed by atoms with van der Waals surface area (Å²) in [5.41, 5.74) is 24.7. The van der Waals surface area contributed by atoms with Crippen LogP contribution in [0.3, 0.4) is 0 Å². The van der Waals surface area contributed by atoms with Crippen molar-refractivity contribution in [3.8, 4) is 51.0 Å². The molecule has 0 atom stereocenters. The minimum atomic E-state index is 0.579. The van der Waals surface area contributed by atoms with E-state index in [0.29, 0.717) is 17.5 Å². The Bertz CT molecular complexity index is 4110. The Kier molecular flexibility index (Phi) is 9.35. The van der Waals surface area contributed by atoms with E-state index in [4.69, 9.17) is 23.8 Å². The number of fused-ring (bicyclic) bond motifs is 10. The number of aromatic nitrogens is 4. The van der Waals surface area contributed by atoms with Crippen LogP contribution >= 0.6 is 0 Å². The average molecular weight is 849 g/mol. The smallest absolute Gasteiger partial charge is 0.164 e. The molecular formula is C51H40B10N4O2. The van der Waals surface area contributed by atoms with Gasteiger partial charge in [-0.25, -0.2) is 15.0 Å². The summed E-state index contributed by atoms with van der Waals surface area (Å²) >= 11 is 0. The molecule has 0 bridgehead atoms. The molecule has 0 saturated carbocycles. The minimum Gasteiger partial charge on any atom is -0.456 e. The van der Waals surface area contributed by atoms with Crippen molar-refractivity contribution < 1.29 is 8.83 Å². The highest BCUT2D eigenvalue weighted by Gasteiger charge is 2.28. The average Bonchev–Trinajstić information content (AvgIpc) is 4.06. The largest absolute Gasteiger partial charge is 0.456 e. The zero-order valence-electron chi connectivity index (χ0n) is 39.7. The zero-order valence-corrected chi connectivity index (χ0v) is 39.7. The van der Waals surface area contributed by atoms with E-state index in [2.05, 4.69) is 168 Å². The summed E-state index contributed by atoms with van der Waals surface area (Å²) in [7, 11) is 22.6. The summed E-state index contributed by atoms with van der Waals surface area (Å²) in [6, 6.07) is 41.9. The molecule has 0 unspecified atom stereocenters. The molecule has 8 aromatic carbocycles. The van der Waals surface area contributed by atoms with Gasteiger partial charge in [0.1, 0.15) is 95.2 Å². The van der Waals surface area contributed by atoms with E-state index in [-0.39, 0.29) is 0 Å². The van der Waals surface area contributed by atoms with Crippen LogP contribution in [0.15, 0.2) is 130 Å². The van der Waals surface area contributed by atoms with Gasteiger partial charge in [0.05, 0.1) is 5.52 Å². The van der Waals surface area contributed by atoms with E-state index < -0.39 is 0 Å². The molecule has 6 nitrogen and oxygen atoms in total. The molecule has 0 fully saturated rings. The molecule has 4 aromatic heterocycles. The first-order valence-electron chi connectivity index (χ1n) is 23.2. The summed E-state index contributed by atoms with van der Waals surface area (Å²) in [5, 5.41) is 7.04. The maximum Gasteiger partial charge on any atom is 0.164 e. The molecule has 0 spiro atoms. The fraction of sp³-hybridized carbons (Fsp3) is 0. The van der Waals surface area contributed by atoms with Crippen molar-refractivity contribution in [2.24, 2.45) is 0 Å². The molecule has 4 heterocycles. The van der Waals surface area contributed by atoms with E-state index in [1.165, 1.54) is 81.7 Å². The van der Waals surface area contributed by atoms with Crippen molar-refractivity contribution in [2.75, 3.05) is 0 Å². The Morgan fingerprint density at radius 1 is 0.328 bits per heavy atom. The van der Waals surface area contributed by atoms with Gasteiger partial charge < -0.3 is 13.4 Å². The minimum absolute atomic E-state index is 0.579. The Morgan fingerprint density at radius 3 is 1.55 bits per heavy atom. The number of hydrogen-bond acceptors (Lipinski definition) is 5. The second kappa shape index (κ2) is 15.2. The molecule has 0 aliphatic heterocycles. The number of furan rings is 2. The molecule has 0 aliphatic rings. The first kappa shape index (κ1) is 41.3. The lowest BCUT2D eigenvalue weighted by molar-refractivity contribution is 0.669. The lowest BCUT2D eigenvalue weighted by Crippen LogP contribution is -2.48. The second-order valence-corrected chi connectivity index (χ2v) is 18.7. The van der Waals surface area contributed by atoms with Gasteiger partial charge in [-0.2, -0.15) is 0 Å². The van der Waals surface area contributed by atoms with Gasteiger partial charge in [-0.1, -0.05) is 129 Å². The monoisotopic (exact) mass is 850 g/mol. The van der Waals surface area contributed by atoms with E-state index in [9.17, 15) is 0 Å². The third-order valence-electron chi connectivity index (χ3n) is 15.3. The van der Waals surface area contributed by atoms with Crippen molar-refractivity contribution in [2.45, 2.75) is 0 Å². The van der Waals surface area contributed by atoms with Crippen LogP contribution in [0.25, 0.3) is 117 Å². The molecule has 306 valence electrons. The predicted molar refractivity (Wildman–Crippen MR) is 312 cm³/mol. The summed E-state index contributed by atoms with van der Waals surface area (Å²) in [6.07, 6.45) is 0. The zero-order chi connectivity index (χ0) is 46.2. The Labute approximate surface area is 397 Å². The Morgan fingerprint density at radius 2 is 0.851 bits per heavy atom. The highest BCUT2D eigenvalue weighted by Crippen LogP contribution is 2.39. The van der Waals surface area contributed by atoms with Gasteiger partial charge in [-0.05, 0) is 52.9 Å². The molecule has 12 aromatic rings. The molecule has 0 N–H and O–H groups in total. The highest BCUT2D eigenvalue weighted by molar-refractivity contribution is 6.71. The molecule has 0 radical (unpaired) electrons. The molecule has 16 heteroatoms. The SMILES string of the molecule is Bc1c(B)c(B)c2c(oc3c2c(B)c(B)c2c4c(B)c(B)c(B)c(B)c4n(-c4ccc5oc6cc(-c7nc(-c8ccccc8)nc(-c8cccc(-c9ccccc9)c8)n7)ccc6c5c4)c32)c1B. The van der Waals surface area contributed by atoms with Crippen LogP contribution in [0.4, 0.5) is 0 Å². The summed E-state index contributed by atoms with van der Waals surface area (Å²) in [4.78, 5) is 15.2. The maximum atomic E-state index is 7.22. The van der Waals surface area contributed by atoms with Gasteiger partial charge in [-0.15, -0.1) is 10.9 Å². The molecule has 0 saturated heterocycles. The summed E-state index contributed by atoms with van der Waals surface area (Å²) in [5.74, 6) is 1.80. The van der Waals surface area contributed by atoms with E-state index in [1.54, 1.807) is 0 Å². The number of rotatable bonds is 5. The van der Waals surface area contributed by atoms with Gasteiger partial charge in [0, 0.05) is 54.8 Å². The standard InChI is InChI=1S/C51H40B10N4O2/c52-35-32-31-36(53)39(56)41(58)43(60)45(31)65(46(32)48-34(37(35)54)33-38(55)40(57)42(59)44(61)47(33)67-48)26-15-17-29-28(20-26)27-16-14-25(19-30(27)66-29)51-63-49(22-10-5-2-6-11-22)62-50(64-51)24-13-7-12-23(18-24)21-8-3-1-4-9-21/h1-20H,52-61H2. The van der Waals surface area contributed by atoms with Crippen molar-refractivity contribution in [3.05, 3.63) is 121 Å². The van der Waals surface area contributed by atoms with Crippen LogP contribution in [-0.4, -0.2) is 98.0 Å². The molecular weight excluding hydrogens is 809 g/mol. The molecule has 12 rings (SSSR count). The lowest BCUT2D eigenvalue weighted by atomic mass is 9.64. The van der Waals surface area contributed by atoms with Crippen molar-refractivity contribution in [1.29, 1.82) is 0 Å². The van der Waals surface area contributed by atoms with Crippen molar-refractivity contribution in [3.63, 3.8) is 0 Å². The maximum absolute atomic E-state index is 7.22. The van der Waals surface area contributed by atoms with Gasteiger partial charge in [0.2, 0.25) is 0 Å². The third kappa shape index (κ3) is 6.07. The number of nitrogens with zero attached hydrogens (tertiary/aromatic N) is 4. The second-order valence-electron chi connectivity index (χ2n) is 18.7. The van der Waals surface area contributed by atoms with E-state index >= 15 is 0 Å². The van der Waals surface area contributed by atoms with Crippen LogP contribution in [0.1, 0.15) is 0 Å². The first-order valence-corrected chi connectivity index (χ1v) is 23.2. The lowest BCUT2D eigenvalue weighted by Gasteiger charge is -2.16. The fourth-order valence-electron chi connectivity index (χ4n) is 10.8. The van der Waals surface area contributed by atoms with Crippen LogP contribution in [0.5, 0.6) is 0 Å². The molecule has 0 aliphatic carbocycles. The fourth-order valence-corrected chi connectivity index (χ4v) is 10.8. The van der Waals surface area contributed by atoms with E-state index in [0.717, 1.165) is 72.1 Å². The summed E-state index contributed by atoms with van der Waals surface area (Å²) in [6.45, 7) is 0. The van der Waals surface area contributed by atoms with E-state index in [1.807, 2.05) is 36.4 Å². The summed E-state index contributed by atoms with van der Waals surface area (Å²) < 4.78 is 16.4. The third-order valence-corrected chi connectivity index (χ3v) is 15.3. The van der Waals surface area contributed by atoms with Gasteiger partial charge in [0.15, 0.2) is 23.1 Å².